The summed E-state index contributed by atoms with van der Waals surface area (Å²) in [6.07, 6.45) is 0. The highest BCUT2D eigenvalue weighted by atomic mass is 15.3. The molecule has 1 aliphatic heterocycles. The molecule has 0 aromatic heterocycles. The predicted octanol–water partition coefficient (Wildman–Crippen LogP) is 1.05. The summed E-state index contributed by atoms with van der Waals surface area (Å²) in [5, 5.41) is 3.10. The summed E-state index contributed by atoms with van der Waals surface area (Å²) in [7, 11) is 0. The van der Waals surface area contributed by atoms with Gasteiger partial charge in [0.05, 0.1) is 6.54 Å². The van der Waals surface area contributed by atoms with Gasteiger partial charge in [-0.15, -0.1) is 0 Å². The molecular weight excluding hydrogens is 250 g/mol. The fraction of sp³-hybridized carbons (Fsp3) is 0.533. The molecule has 0 aliphatic carbocycles. The number of nitrogens with one attached hydrogen (secondary N) is 1. The number of nitrogens with two attached hydrogens (primary N) is 1. The van der Waals surface area contributed by atoms with Gasteiger partial charge in [0.2, 0.25) is 0 Å². The Hall–Kier alpha value is -1.59. The molecule has 2 rings (SSSR count). The third-order valence-electron chi connectivity index (χ3n) is 3.66. The zero-order valence-corrected chi connectivity index (χ0v) is 12.3. The first-order valence-electron chi connectivity index (χ1n) is 7.34. The molecule has 110 valence electrons. The molecule has 5 nitrogen and oxygen atoms in total. The van der Waals surface area contributed by atoms with Crippen LogP contribution in [0.4, 0.5) is 5.69 Å². The molecule has 1 aromatic rings. The maximum Gasteiger partial charge on any atom is 0.193 e. The monoisotopic (exact) mass is 275 g/mol. The van der Waals surface area contributed by atoms with Crippen molar-refractivity contribution in [2.24, 2.45) is 10.7 Å². The minimum Gasteiger partial charge on any atom is -0.370 e. The minimum atomic E-state index is 0.489. The fourth-order valence-electron chi connectivity index (χ4n) is 2.35. The van der Waals surface area contributed by atoms with Gasteiger partial charge in [-0.25, -0.2) is 0 Å². The second-order valence-electron chi connectivity index (χ2n) is 5.03. The summed E-state index contributed by atoms with van der Waals surface area (Å²) in [4.78, 5) is 9.31. The van der Waals surface area contributed by atoms with Crippen molar-refractivity contribution in [1.82, 2.24) is 9.80 Å². The normalized spacial score (nSPS) is 18.1. The first-order chi connectivity index (χ1) is 9.78. The summed E-state index contributed by atoms with van der Waals surface area (Å²) >= 11 is 0. The number of hydrogen-bond donors (Lipinski definition) is 2. The molecule has 0 spiro atoms. The Kier molecular flexibility index (Phi) is 5.83. The Bertz CT molecular complexity index is 410. The number of para-hydroxylation sites is 1. The highest BCUT2D eigenvalue weighted by molar-refractivity contribution is 5.92. The average molecular weight is 275 g/mol. The molecule has 0 saturated carbocycles. The smallest absolute Gasteiger partial charge is 0.193 e. The molecule has 0 amide bonds. The van der Waals surface area contributed by atoms with Crippen LogP contribution in [-0.4, -0.2) is 61.6 Å². The molecule has 5 heteroatoms. The highest BCUT2D eigenvalue weighted by Gasteiger charge is 2.14. The van der Waals surface area contributed by atoms with Crippen LogP contribution in [0.5, 0.6) is 0 Å². The van der Waals surface area contributed by atoms with Gasteiger partial charge in [-0.3, -0.25) is 9.89 Å². The minimum absolute atomic E-state index is 0.489. The van der Waals surface area contributed by atoms with E-state index in [-0.39, 0.29) is 0 Å². The van der Waals surface area contributed by atoms with E-state index in [0.717, 1.165) is 51.5 Å². The molecule has 0 atom stereocenters. The van der Waals surface area contributed by atoms with Crippen LogP contribution in [0.15, 0.2) is 35.3 Å². The van der Waals surface area contributed by atoms with Crippen molar-refractivity contribution < 1.29 is 0 Å². The lowest BCUT2D eigenvalue weighted by Crippen LogP contribution is -2.46. The molecule has 0 radical (unpaired) electrons. The molecule has 0 bridgehead atoms. The largest absolute Gasteiger partial charge is 0.370 e. The Morgan fingerprint density at radius 2 is 1.80 bits per heavy atom. The van der Waals surface area contributed by atoms with Gasteiger partial charge in [0.15, 0.2) is 5.96 Å². The van der Waals surface area contributed by atoms with Crippen molar-refractivity contribution in [2.45, 2.75) is 6.92 Å². The number of benzene rings is 1. The van der Waals surface area contributed by atoms with Gasteiger partial charge >= 0.3 is 0 Å². The average Bonchev–Trinajstić information content (AvgIpc) is 2.49. The zero-order valence-electron chi connectivity index (χ0n) is 12.3. The molecule has 0 unspecified atom stereocenters. The van der Waals surface area contributed by atoms with Gasteiger partial charge in [-0.2, -0.15) is 0 Å². The van der Waals surface area contributed by atoms with E-state index in [2.05, 4.69) is 27.0 Å². The number of hydrogen-bond acceptors (Lipinski definition) is 3. The molecule has 20 heavy (non-hydrogen) atoms. The van der Waals surface area contributed by atoms with Gasteiger partial charge < -0.3 is 16.0 Å². The highest BCUT2D eigenvalue weighted by Crippen LogP contribution is 2.04. The van der Waals surface area contributed by atoms with Crippen LogP contribution in [0.25, 0.3) is 0 Å². The van der Waals surface area contributed by atoms with Crippen LogP contribution < -0.4 is 11.1 Å². The van der Waals surface area contributed by atoms with E-state index in [1.165, 1.54) is 0 Å². The number of guanidine groups is 1. The van der Waals surface area contributed by atoms with Crippen LogP contribution >= 0.6 is 0 Å². The number of aliphatic imine (C=N–C) groups is 1. The SMILES string of the molecule is CCN1CCN(CCN=C(N)Nc2ccccc2)CC1. The summed E-state index contributed by atoms with van der Waals surface area (Å²) in [5.41, 5.74) is 6.85. The molecule has 1 aliphatic rings. The lowest BCUT2D eigenvalue weighted by Gasteiger charge is -2.33. The summed E-state index contributed by atoms with van der Waals surface area (Å²) in [5.74, 6) is 0.489. The number of rotatable bonds is 5. The number of anilines is 1. The van der Waals surface area contributed by atoms with E-state index in [1.807, 2.05) is 30.3 Å². The van der Waals surface area contributed by atoms with Crippen molar-refractivity contribution in [3.63, 3.8) is 0 Å². The van der Waals surface area contributed by atoms with Crippen molar-refractivity contribution in [2.75, 3.05) is 51.1 Å². The summed E-state index contributed by atoms with van der Waals surface area (Å²) in [6.45, 7) is 9.70. The van der Waals surface area contributed by atoms with Gasteiger partial charge in [0, 0.05) is 38.4 Å². The van der Waals surface area contributed by atoms with Crippen LogP contribution in [-0.2, 0) is 0 Å². The third kappa shape index (κ3) is 4.83. The Morgan fingerprint density at radius 3 is 2.45 bits per heavy atom. The lowest BCUT2D eigenvalue weighted by atomic mass is 10.3. The van der Waals surface area contributed by atoms with Crippen molar-refractivity contribution in [1.29, 1.82) is 0 Å². The molecule has 1 saturated heterocycles. The molecule has 1 aromatic carbocycles. The van der Waals surface area contributed by atoms with Crippen LogP contribution in [0.3, 0.4) is 0 Å². The number of likely N-dealkylation sites (N-methyl/N-ethyl adjacent to an activating group) is 1. The van der Waals surface area contributed by atoms with E-state index in [9.17, 15) is 0 Å². The number of piperazine rings is 1. The van der Waals surface area contributed by atoms with Crippen molar-refractivity contribution >= 4 is 11.6 Å². The maximum absolute atomic E-state index is 5.88. The third-order valence-corrected chi connectivity index (χ3v) is 3.66. The van der Waals surface area contributed by atoms with Gasteiger partial charge in [0.1, 0.15) is 0 Å². The Labute approximate surface area is 121 Å². The van der Waals surface area contributed by atoms with Crippen LogP contribution in [0.2, 0.25) is 0 Å². The molecule has 3 N–H and O–H groups in total. The first-order valence-corrected chi connectivity index (χ1v) is 7.34. The molecule has 1 heterocycles. The fourth-order valence-corrected chi connectivity index (χ4v) is 2.35. The second-order valence-corrected chi connectivity index (χ2v) is 5.03. The van der Waals surface area contributed by atoms with Gasteiger partial charge in [-0.1, -0.05) is 25.1 Å². The summed E-state index contributed by atoms with van der Waals surface area (Å²) < 4.78 is 0. The molecule has 1 fully saturated rings. The quantitative estimate of drug-likeness (QED) is 0.623. The van der Waals surface area contributed by atoms with E-state index < -0.39 is 0 Å². The Morgan fingerprint density at radius 1 is 1.15 bits per heavy atom. The van der Waals surface area contributed by atoms with Crippen LogP contribution in [0, 0.1) is 0 Å². The predicted molar refractivity (Wildman–Crippen MR) is 85.1 cm³/mol. The Balaban J connectivity index is 1.68. The topological polar surface area (TPSA) is 56.9 Å². The lowest BCUT2D eigenvalue weighted by molar-refractivity contribution is 0.140. The first kappa shape index (κ1) is 14.8. The van der Waals surface area contributed by atoms with E-state index in [1.54, 1.807) is 0 Å². The van der Waals surface area contributed by atoms with Crippen molar-refractivity contribution in [3.05, 3.63) is 30.3 Å². The molecular formula is C15H25N5. The second kappa shape index (κ2) is 7.87. The maximum atomic E-state index is 5.88. The van der Waals surface area contributed by atoms with Crippen LogP contribution in [0.1, 0.15) is 6.92 Å². The number of nitrogens with zero attached hydrogens (tertiary/aromatic N) is 3. The summed E-state index contributed by atoms with van der Waals surface area (Å²) in [6, 6.07) is 9.89. The zero-order chi connectivity index (χ0) is 14.2. The van der Waals surface area contributed by atoms with E-state index in [4.69, 9.17) is 5.73 Å². The standard InChI is InChI=1S/C15H25N5/c1-2-19-10-12-20(13-11-19)9-8-17-15(16)18-14-6-4-3-5-7-14/h3-7H,2,8-13H2,1H3,(H3,16,17,18). The van der Waals surface area contributed by atoms with E-state index in [0.29, 0.717) is 5.96 Å². The van der Waals surface area contributed by atoms with Gasteiger partial charge in [-0.05, 0) is 18.7 Å². The van der Waals surface area contributed by atoms with E-state index >= 15 is 0 Å². The van der Waals surface area contributed by atoms with Gasteiger partial charge in [0.25, 0.3) is 0 Å². The van der Waals surface area contributed by atoms with Crippen molar-refractivity contribution in [3.8, 4) is 0 Å².